The van der Waals surface area contributed by atoms with Crippen molar-refractivity contribution in [1.82, 2.24) is 9.80 Å². The van der Waals surface area contributed by atoms with Crippen LogP contribution in [0.3, 0.4) is 0 Å². The zero-order valence-electron chi connectivity index (χ0n) is 12.6. The van der Waals surface area contributed by atoms with E-state index in [2.05, 4.69) is 4.74 Å². The van der Waals surface area contributed by atoms with Crippen molar-refractivity contribution >= 4 is 18.1 Å². The number of ether oxygens (including phenoxy) is 2. The Hall–Kier alpha value is -1.79. The summed E-state index contributed by atoms with van der Waals surface area (Å²) >= 11 is 0. The number of hydrogen-bond donors (Lipinski definition) is 0. The van der Waals surface area contributed by atoms with Crippen molar-refractivity contribution in [1.29, 1.82) is 0 Å². The summed E-state index contributed by atoms with van der Waals surface area (Å²) in [4.78, 5) is 37.7. The van der Waals surface area contributed by atoms with Gasteiger partial charge in [-0.2, -0.15) is 0 Å². The minimum absolute atomic E-state index is 0.244. The van der Waals surface area contributed by atoms with Gasteiger partial charge in [0.25, 0.3) is 0 Å². The van der Waals surface area contributed by atoms with Crippen LogP contribution in [0.15, 0.2) is 0 Å². The van der Waals surface area contributed by atoms with E-state index in [4.69, 9.17) is 4.74 Å². The molecule has 1 heterocycles. The predicted octanol–water partition coefficient (Wildman–Crippen LogP) is 1.47. The van der Waals surface area contributed by atoms with Crippen LogP contribution in [0.2, 0.25) is 0 Å². The van der Waals surface area contributed by atoms with Gasteiger partial charge in [0.05, 0.1) is 13.0 Å². The first-order valence-electron chi connectivity index (χ1n) is 6.56. The summed E-state index contributed by atoms with van der Waals surface area (Å²) in [5.74, 6) is -0.694. The van der Waals surface area contributed by atoms with E-state index in [0.29, 0.717) is 0 Å². The van der Waals surface area contributed by atoms with Crippen molar-refractivity contribution in [3.05, 3.63) is 0 Å². The number of rotatable bonds is 2. The fourth-order valence-electron chi connectivity index (χ4n) is 1.82. The maximum Gasteiger partial charge on any atom is 0.416 e. The van der Waals surface area contributed by atoms with Gasteiger partial charge in [-0.1, -0.05) is 0 Å². The van der Waals surface area contributed by atoms with Crippen LogP contribution >= 0.6 is 0 Å². The second kappa shape index (κ2) is 6.11. The van der Waals surface area contributed by atoms with Crippen LogP contribution in [0.4, 0.5) is 9.59 Å². The summed E-state index contributed by atoms with van der Waals surface area (Å²) in [7, 11) is 1.23. The largest absolute Gasteiger partial charge is 0.452 e. The fraction of sp³-hybridized carbons (Fsp3) is 0.769. The first-order chi connectivity index (χ1) is 9.19. The zero-order valence-corrected chi connectivity index (χ0v) is 12.6. The average molecular weight is 286 g/mol. The van der Waals surface area contributed by atoms with Gasteiger partial charge in [-0.15, -0.1) is 0 Å². The highest BCUT2D eigenvalue weighted by Crippen LogP contribution is 2.21. The number of carbonyl (C=O) groups excluding carboxylic acids is 3. The van der Waals surface area contributed by atoms with Gasteiger partial charge < -0.3 is 14.4 Å². The minimum atomic E-state index is -0.673. The van der Waals surface area contributed by atoms with Gasteiger partial charge >= 0.3 is 12.2 Å². The zero-order chi connectivity index (χ0) is 15.5. The van der Waals surface area contributed by atoms with E-state index in [1.54, 1.807) is 27.7 Å². The minimum Gasteiger partial charge on any atom is -0.452 e. The van der Waals surface area contributed by atoms with E-state index in [9.17, 15) is 14.4 Å². The molecule has 1 rings (SSSR count). The molecule has 0 unspecified atom stereocenters. The fourth-order valence-corrected chi connectivity index (χ4v) is 1.82. The number of nitrogens with zero attached hydrogens (tertiary/aromatic N) is 2. The molecule has 0 saturated carbocycles. The molecule has 7 heteroatoms. The van der Waals surface area contributed by atoms with Gasteiger partial charge in [0.2, 0.25) is 5.91 Å². The lowest BCUT2D eigenvalue weighted by atomic mass is 9.99. The third-order valence-electron chi connectivity index (χ3n) is 2.86. The van der Waals surface area contributed by atoms with Gasteiger partial charge in [-0.05, 0) is 27.7 Å². The Labute approximate surface area is 118 Å². The summed E-state index contributed by atoms with van der Waals surface area (Å²) in [6.45, 7) is 7.81. The van der Waals surface area contributed by atoms with E-state index in [-0.39, 0.29) is 31.5 Å². The van der Waals surface area contributed by atoms with Crippen LogP contribution < -0.4 is 0 Å². The van der Waals surface area contributed by atoms with Crippen LogP contribution in [-0.4, -0.2) is 60.2 Å². The van der Waals surface area contributed by atoms with Gasteiger partial charge in [-0.3, -0.25) is 4.79 Å². The smallest absolute Gasteiger partial charge is 0.416 e. The van der Waals surface area contributed by atoms with Crippen molar-refractivity contribution in [2.45, 2.75) is 33.3 Å². The normalized spacial score (nSPS) is 15.3. The van der Waals surface area contributed by atoms with E-state index >= 15 is 0 Å². The lowest BCUT2D eigenvalue weighted by Gasteiger charge is -2.40. The molecule has 20 heavy (non-hydrogen) atoms. The Morgan fingerprint density at radius 2 is 1.80 bits per heavy atom. The summed E-state index contributed by atoms with van der Waals surface area (Å²) in [5.41, 5.74) is -0.562. The lowest BCUT2D eigenvalue weighted by Crippen LogP contribution is -2.58. The molecular formula is C13H22N2O5. The molecular weight excluding hydrogens is 264 g/mol. The molecule has 0 aromatic rings. The summed E-state index contributed by atoms with van der Waals surface area (Å²) in [6.07, 6.45) is -1.11. The molecule has 1 fully saturated rings. The van der Waals surface area contributed by atoms with Gasteiger partial charge in [0.15, 0.2) is 0 Å². The van der Waals surface area contributed by atoms with Crippen LogP contribution in [0.1, 0.15) is 27.7 Å². The van der Waals surface area contributed by atoms with Crippen molar-refractivity contribution < 1.29 is 23.9 Å². The number of imide groups is 1. The van der Waals surface area contributed by atoms with E-state index in [0.717, 1.165) is 4.90 Å². The Bertz CT molecular complexity index is 396. The highest BCUT2D eigenvalue weighted by molar-refractivity contribution is 5.94. The summed E-state index contributed by atoms with van der Waals surface area (Å²) in [6, 6.07) is 0. The predicted molar refractivity (Wildman–Crippen MR) is 71.1 cm³/mol. The molecule has 7 nitrogen and oxygen atoms in total. The molecule has 3 amide bonds. The molecule has 1 aliphatic rings. The molecule has 0 radical (unpaired) electrons. The first-order valence-corrected chi connectivity index (χ1v) is 6.56. The Balaban J connectivity index is 2.50. The molecule has 1 saturated heterocycles. The third kappa shape index (κ3) is 3.85. The van der Waals surface area contributed by atoms with Crippen LogP contribution in [0.5, 0.6) is 0 Å². The van der Waals surface area contributed by atoms with Gasteiger partial charge in [0, 0.05) is 19.6 Å². The Kier molecular flexibility index (Phi) is 4.97. The van der Waals surface area contributed by atoms with Gasteiger partial charge in [-0.25, -0.2) is 14.5 Å². The second-order valence-electron chi connectivity index (χ2n) is 5.63. The number of hydrogen-bond acceptors (Lipinski definition) is 5. The highest BCUT2D eigenvalue weighted by Gasteiger charge is 2.40. The number of methoxy groups -OCH3 is 1. The average Bonchev–Trinajstić information content (AvgIpc) is 2.25. The SMILES string of the molecule is CCN(C(=O)OC)C(=O)C1CN(C(=O)OC(C)(C)C)C1. The summed E-state index contributed by atoms with van der Waals surface area (Å²) in [5, 5.41) is 0. The van der Waals surface area contributed by atoms with Crippen molar-refractivity contribution in [2.24, 2.45) is 5.92 Å². The monoisotopic (exact) mass is 286 g/mol. The first kappa shape index (κ1) is 16.3. The quantitative estimate of drug-likeness (QED) is 0.768. The molecule has 114 valence electrons. The number of carbonyl (C=O) groups is 3. The molecule has 0 aliphatic carbocycles. The molecule has 0 spiro atoms. The molecule has 0 aromatic heterocycles. The topological polar surface area (TPSA) is 76.2 Å². The standard InChI is InChI=1S/C13H22N2O5/c1-6-15(12(18)19-5)10(16)9-7-14(8-9)11(17)20-13(2,3)4/h9H,6-8H2,1-5H3. The summed E-state index contributed by atoms with van der Waals surface area (Å²) < 4.78 is 9.74. The van der Waals surface area contributed by atoms with Crippen LogP contribution in [0.25, 0.3) is 0 Å². The molecule has 0 bridgehead atoms. The highest BCUT2D eigenvalue weighted by atomic mass is 16.6. The Morgan fingerprint density at radius 1 is 1.25 bits per heavy atom. The second-order valence-corrected chi connectivity index (χ2v) is 5.63. The van der Waals surface area contributed by atoms with E-state index in [1.165, 1.54) is 12.0 Å². The maximum atomic E-state index is 12.1. The molecule has 0 aromatic carbocycles. The maximum absolute atomic E-state index is 12.1. The van der Waals surface area contributed by atoms with Gasteiger partial charge in [0.1, 0.15) is 5.60 Å². The number of likely N-dealkylation sites (tertiary alicyclic amines) is 1. The van der Waals surface area contributed by atoms with Crippen molar-refractivity contribution in [3.63, 3.8) is 0 Å². The van der Waals surface area contributed by atoms with Crippen LogP contribution in [0, 0.1) is 5.92 Å². The molecule has 1 aliphatic heterocycles. The number of amides is 3. The Morgan fingerprint density at radius 3 is 2.20 bits per heavy atom. The van der Waals surface area contributed by atoms with E-state index < -0.39 is 17.8 Å². The van der Waals surface area contributed by atoms with Crippen molar-refractivity contribution in [2.75, 3.05) is 26.7 Å². The third-order valence-corrected chi connectivity index (χ3v) is 2.86. The van der Waals surface area contributed by atoms with E-state index in [1.807, 2.05) is 0 Å². The van der Waals surface area contributed by atoms with Crippen LogP contribution in [-0.2, 0) is 14.3 Å². The lowest BCUT2D eigenvalue weighted by molar-refractivity contribution is -0.138. The van der Waals surface area contributed by atoms with Crippen molar-refractivity contribution in [3.8, 4) is 0 Å². The molecule has 0 N–H and O–H groups in total. The molecule has 0 atom stereocenters.